The number of benzene rings is 2. The first-order valence-corrected chi connectivity index (χ1v) is 14.6. The first-order valence-electron chi connectivity index (χ1n) is 13.0. The minimum absolute atomic E-state index is 0.143. The molecule has 2 aromatic carbocycles. The monoisotopic (exact) mass is 546 g/mol. The van der Waals surface area contributed by atoms with Crippen molar-refractivity contribution >= 4 is 34.2 Å². The summed E-state index contributed by atoms with van der Waals surface area (Å²) in [7, 11) is 0. The highest BCUT2D eigenvalue weighted by molar-refractivity contribution is 7.11. The van der Waals surface area contributed by atoms with Gasteiger partial charge in [0.25, 0.3) is 0 Å². The third-order valence-electron chi connectivity index (χ3n) is 7.06. The van der Waals surface area contributed by atoms with Crippen LogP contribution in [0.15, 0.2) is 60.7 Å². The molecule has 0 atom stereocenters. The minimum atomic E-state index is -0.560. The number of Topliss-reactive ketones (excluding diaryl/α,β-unsaturated/α-hetero) is 2. The maximum absolute atomic E-state index is 13.0. The topological polar surface area (TPSA) is 85.7 Å². The van der Waals surface area contributed by atoms with Crippen LogP contribution >= 0.6 is 22.7 Å². The second-order valence-electron chi connectivity index (χ2n) is 10.6. The van der Waals surface area contributed by atoms with Gasteiger partial charge in [-0.3, -0.25) is 9.59 Å². The van der Waals surface area contributed by atoms with E-state index in [2.05, 4.69) is 20.4 Å². The molecule has 0 saturated carbocycles. The number of hydrogen-bond acceptors (Lipinski definition) is 8. The lowest BCUT2D eigenvalue weighted by Gasteiger charge is -2.23. The third-order valence-corrected chi connectivity index (χ3v) is 9.02. The number of ketones is 2. The van der Waals surface area contributed by atoms with Crippen molar-refractivity contribution in [1.82, 2.24) is 20.4 Å². The Hall–Kier alpha value is -3.10. The standard InChI is InChI=1S/C30H34N4O2S2/c1-29(2,21-13-7-5-8-14-21)23(35)19-27-33-31-25(37-27)17-11-12-18-26-32-34-28(38-26)20-24(36)30(3,4)22-15-9-6-10-16-22/h5-10,13-16H,11-12,17-20H2,1-4H3. The summed E-state index contributed by atoms with van der Waals surface area (Å²) in [4.78, 5) is 25.9. The van der Waals surface area contributed by atoms with Crippen molar-refractivity contribution in [1.29, 1.82) is 0 Å². The highest BCUT2D eigenvalue weighted by atomic mass is 32.1. The van der Waals surface area contributed by atoms with E-state index in [-0.39, 0.29) is 11.6 Å². The normalized spacial score (nSPS) is 12.0. The molecule has 0 spiro atoms. The Kier molecular flexibility index (Phi) is 8.95. The molecular formula is C30H34N4O2S2. The minimum Gasteiger partial charge on any atom is -0.298 e. The van der Waals surface area contributed by atoms with Crippen molar-refractivity contribution in [2.75, 3.05) is 0 Å². The lowest BCUT2D eigenvalue weighted by molar-refractivity contribution is -0.123. The van der Waals surface area contributed by atoms with Crippen LogP contribution in [0.4, 0.5) is 0 Å². The average molecular weight is 547 g/mol. The molecule has 0 aliphatic carbocycles. The third kappa shape index (κ3) is 6.85. The van der Waals surface area contributed by atoms with Gasteiger partial charge >= 0.3 is 0 Å². The number of aryl methyl sites for hydroxylation is 2. The molecule has 2 aromatic heterocycles. The van der Waals surface area contributed by atoms with Gasteiger partial charge in [-0.05, 0) is 51.7 Å². The quantitative estimate of drug-likeness (QED) is 0.187. The van der Waals surface area contributed by atoms with Crippen LogP contribution in [0.2, 0.25) is 0 Å². The Balaban J connectivity index is 1.22. The van der Waals surface area contributed by atoms with Crippen LogP contribution in [0.25, 0.3) is 0 Å². The lowest BCUT2D eigenvalue weighted by atomic mass is 9.79. The second kappa shape index (κ2) is 12.2. The van der Waals surface area contributed by atoms with Gasteiger partial charge in [0.05, 0.1) is 12.8 Å². The lowest BCUT2D eigenvalue weighted by Crippen LogP contribution is -2.30. The summed E-state index contributed by atoms with van der Waals surface area (Å²) in [5, 5.41) is 20.6. The van der Waals surface area contributed by atoms with Gasteiger partial charge in [0.15, 0.2) is 0 Å². The summed E-state index contributed by atoms with van der Waals surface area (Å²) in [5.41, 5.74) is 0.906. The van der Waals surface area contributed by atoms with Gasteiger partial charge < -0.3 is 0 Å². The smallest absolute Gasteiger partial charge is 0.149 e. The van der Waals surface area contributed by atoms with Crippen molar-refractivity contribution in [3.8, 4) is 0 Å². The van der Waals surface area contributed by atoms with Gasteiger partial charge in [-0.1, -0.05) is 60.7 Å². The van der Waals surface area contributed by atoms with E-state index in [9.17, 15) is 9.59 Å². The van der Waals surface area contributed by atoms with Crippen molar-refractivity contribution in [2.45, 2.75) is 77.0 Å². The van der Waals surface area contributed by atoms with E-state index in [0.717, 1.165) is 56.8 Å². The molecule has 0 amide bonds. The van der Waals surface area contributed by atoms with Gasteiger partial charge in [0.2, 0.25) is 0 Å². The molecule has 2 heterocycles. The summed E-state index contributed by atoms with van der Waals surface area (Å²) in [6, 6.07) is 19.7. The first-order chi connectivity index (χ1) is 18.2. The molecule has 8 heteroatoms. The van der Waals surface area contributed by atoms with Crippen LogP contribution in [-0.2, 0) is 46.1 Å². The molecule has 0 saturated heterocycles. The number of nitrogens with zero attached hydrogens (tertiary/aromatic N) is 4. The first kappa shape index (κ1) is 27.9. The molecule has 0 radical (unpaired) electrons. The van der Waals surface area contributed by atoms with E-state index in [1.807, 2.05) is 88.4 Å². The molecule has 0 aliphatic rings. The van der Waals surface area contributed by atoms with Gasteiger partial charge in [0.1, 0.15) is 31.6 Å². The molecule has 0 bridgehead atoms. The molecule has 38 heavy (non-hydrogen) atoms. The van der Waals surface area contributed by atoms with Crippen molar-refractivity contribution in [3.63, 3.8) is 0 Å². The maximum Gasteiger partial charge on any atom is 0.149 e. The van der Waals surface area contributed by atoms with E-state index < -0.39 is 10.8 Å². The zero-order valence-electron chi connectivity index (χ0n) is 22.4. The van der Waals surface area contributed by atoms with E-state index in [4.69, 9.17) is 0 Å². The number of hydrogen-bond donors (Lipinski definition) is 0. The number of carbonyl (C=O) groups excluding carboxylic acids is 2. The summed E-state index contributed by atoms with van der Waals surface area (Å²) in [6.07, 6.45) is 4.15. The number of rotatable bonds is 13. The molecule has 6 nitrogen and oxygen atoms in total. The number of aromatic nitrogens is 4. The maximum atomic E-state index is 13.0. The fraction of sp³-hybridized carbons (Fsp3) is 0.400. The Bertz CT molecular complexity index is 1260. The number of carbonyl (C=O) groups is 2. The van der Waals surface area contributed by atoms with E-state index in [1.54, 1.807) is 0 Å². The molecule has 0 unspecified atom stereocenters. The fourth-order valence-corrected chi connectivity index (χ4v) is 5.99. The zero-order chi connectivity index (χ0) is 27.2. The van der Waals surface area contributed by atoms with Crippen molar-refractivity contribution in [3.05, 3.63) is 91.8 Å². The van der Waals surface area contributed by atoms with Crippen LogP contribution < -0.4 is 0 Å². The largest absolute Gasteiger partial charge is 0.298 e. The van der Waals surface area contributed by atoms with Crippen LogP contribution in [-0.4, -0.2) is 32.0 Å². The van der Waals surface area contributed by atoms with Crippen LogP contribution in [0.5, 0.6) is 0 Å². The fourth-order valence-electron chi connectivity index (χ4n) is 4.22. The Morgan fingerprint density at radius 3 is 1.29 bits per heavy atom. The zero-order valence-corrected chi connectivity index (χ0v) is 24.1. The molecule has 0 aliphatic heterocycles. The van der Waals surface area contributed by atoms with Crippen molar-refractivity contribution < 1.29 is 9.59 Å². The van der Waals surface area contributed by atoms with Gasteiger partial charge in [0, 0.05) is 23.7 Å². The predicted octanol–water partition coefficient (Wildman–Crippen LogP) is 6.13. The van der Waals surface area contributed by atoms with Crippen LogP contribution in [0.1, 0.15) is 71.7 Å². The Morgan fingerprint density at radius 2 is 0.921 bits per heavy atom. The average Bonchev–Trinajstić information content (AvgIpc) is 3.56. The molecule has 198 valence electrons. The van der Waals surface area contributed by atoms with Crippen LogP contribution in [0, 0.1) is 0 Å². The molecule has 4 rings (SSSR count). The highest BCUT2D eigenvalue weighted by Crippen LogP contribution is 2.28. The van der Waals surface area contributed by atoms with E-state index in [0.29, 0.717) is 12.8 Å². The summed E-state index contributed by atoms with van der Waals surface area (Å²) in [5.74, 6) is 0.285. The highest BCUT2D eigenvalue weighted by Gasteiger charge is 2.31. The molecule has 0 fully saturated rings. The second-order valence-corrected chi connectivity index (χ2v) is 12.9. The number of unbranched alkanes of at least 4 members (excludes halogenated alkanes) is 1. The SMILES string of the molecule is CC(C)(C(=O)Cc1nnc(CCCCc2nnc(CC(=O)C(C)(C)c3ccccc3)s2)s1)c1ccccc1. The van der Waals surface area contributed by atoms with Gasteiger partial charge in [-0.2, -0.15) is 0 Å². The Labute approximate surface area is 232 Å². The van der Waals surface area contributed by atoms with Crippen molar-refractivity contribution in [2.24, 2.45) is 0 Å². The summed E-state index contributed by atoms with van der Waals surface area (Å²) >= 11 is 3.05. The summed E-state index contributed by atoms with van der Waals surface area (Å²) in [6.45, 7) is 7.86. The van der Waals surface area contributed by atoms with Crippen LogP contribution in [0.3, 0.4) is 0 Å². The predicted molar refractivity (Wildman–Crippen MR) is 153 cm³/mol. The molecular weight excluding hydrogens is 512 g/mol. The Morgan fingerprint density at radius 1 is 0.579 bits per heavy atom. The molecule has 0 N–H and O–H groups in total. The van der Waals surface area contributed by atoms with Gasteiger partial charge in [-0.25, -0.2) is 0 Å². The van der Waals surface area contributed by atoms with E-state index >= 15 is 0 Å². The van der Waals surface area contributed by atoms with Gasteiger partial charge in [-0.15, -0.1) is 43.1 Å². The van der Waals surface area contributed by atoms with E-state index in [1.165, 1.54) is 22.7 Å². The molecule has 4 aromatic rings. The summed E-state index contributed by atoms with van der Waals surface area (Å²) < 4.78 is 0.